The molecule has 2 aromatic rings. The fourth-order valence-corrected chi connectivity index (χ4v) is 3.29. The van der Waals surface area contributed by atoms with Gasteiger partial charge in [-0.1, -0.05) is 30.3 Å². The zero-order valence-electron chi connectivity index (χ0n) is 14.0. The van der Waals surface area contributed by atoms with Gasteiger partial charge in [-0.25, -0.2) is 14.8 Å². The summed E-state index contributed by atoms with van der Waals surface area (Å²) in [6.45, 7) is 0.719. The Bertz CT molecular complexity index is 731. The highest BCUT2D eigenvalue weighted by Gasteiger charge is 2.29. The molecule has 0 bridgehead atoms. The van der Waals surface area contributed by atoms with E-state index in [4.69, 9.17) is 5.11 Å². The van der Waals surface area contributed by atoms with E-state index in [1.54, 1.807) is 0 Å². The quantitative estimate of drug-likeness (QED) is 0.875. The number of nitrogens with zero attached hydrogens (tertiary/aromatic N) is 3. The smallest absolute Gasteiger partial charge is 0.356 e. The molecular weight excluding hydrogens is 318 g/mol. The molecule has 25 heavy (non-hydrogen) atoms. The Kier molecular flexibility index (Phi) is 5.38. The second kappa shape index (κ2) is 7.88. The van der Waals surface area contributed by atoms with Gasteiger partial charge >= 0.3 is 5.97 Å². The van der Waals surface area contributed by atoms with Crippen LogP contribution in [0.4, 0.5) is 0 Å². The minimum absolute atomic E-state index is 0.155. The van der Waals surface area contributed by atoms with Crippen LogP contribution in [0.3, 0.4) is 0 Å². The van der Waals surface area contributed by atoms with Gasteiger partial charge in [0.05, 0.1) is 12.4 Å². The predicted octanol–water partition coefficient (Wildman–Crippen LogP) is 2.80. The third-order valence-electron chi connectivity index (χ3n) is 4.57. The molecule has 2 heterocycles. The summed E-state index contributed by atoms with van der Waals surface area (Å²) >= 11 is 0. The summed E-state index contributed by atoms with van der Waals surface area (Å²) in [7, 11) is 0. The molecule has 1 aromatic heterocycles. The van der Waals surface area contributed by atoms with E-state index in [2.05, 4.69) is 22.1 Å². The largest absolute Gasteiger partial charge is 0.476 e. The summed E-state index contributed by atoms with van der Waals surface area (Å²) in [5.41, 5.74) is 1.37. The number of carbonyl (C=O) groups excluding carboxylic acids is 1. The van der Waals surface area contributed by atoms with Crippen LogP contribution in [0.1, 0.15) is 52.2 Å². The molecule has 130 valence electrons. The van der Waals surface area contributed by atoms with Gasteiger partial charge in [-0.05, 0) is 37.7 Å². The number of aryl methyl sites for hydroxylation is 1. The number of rotatable bonds is 6. The van der Waals surface area contributed by atoms with Crippen molar-refractivity contribution in [1.29, 1.82) is 0 Å². The van der Waals surface area contributed by atoms with E-state index in [9.17, 15) is 9.59 Å². The molecular formula is C19H21N3O3. The first-order chi connectivity index (χ1) is 12.1. The van der Waals surface area contributed by atoms with Crippen LogP contribution in [-0.2, 0) is 6.42 Å². The Hall–Kier alpha value is -2.76. The van der Waals surface area contributed by atoms with Gasteiger partial charge in [0, 0.05) is 12.6 Å². The molecule has 0 spiro atoms. The summed E-state index contributed by atoms with van der Waals surface area (Å²) in [6, 6.07) is 10.6. The Morgan fingerprint density at radius 1 is 1.12 bits per heavy atom. The minimum Gasteiger partial charge on any atom is -0.476 e. The van der Waals surface area contributed by atoms with Crippen LogP contribution in [0.5, 0.6) is 0 Å². The van der Waals surface area contributed by atoms with Crippen molar-refractivity contribution >= 4 is 11.9 Å². The molecule has 1 aliphatic rings. The van der Waals surface area contributed by atoms with Crippen molar-refractivity contribution in [3.05, 3.63) is 59.7 Å². The van der Waals surface area contributed by atoms with E-state index in [0.29, 0.717) is 0 Å². The number of likely N-dealkylation sites (tertiary alicyclic amines) is 1. The average Bonchev–Trinajstić information content (AvgIpc) is 3.10. The van der Waals surface area contributed by atoms with Crippen LogP contribution in [-0.4, -0.2) is 44.4 Å². The number of hydrogen-bond donors (Lipinski definition) is 1. The maximum Gasteiger partial charge on any atom is 0.356 e. The molecule has 1 aromatic carbocycles. The molecule has 1 unspecified atom stereocenters. The van der Waals surface area contributed by atoms with Crippen LogP contribution >= 0.6 is 0 Å². The molecule has 3 rings (SSSR count). The Balaban J connectivity index is 1.58. The lowest BCUT2D eigenvalue weighted by molar-refractivity contribution is 0.0682. The van der Waals surface area contributed by atoms with Gasteiger partial charge in [-0.3, -0.25) is 4.79 Å². The lowest BCUT2D eigenvalue weighted by Crippen LogP contribution is -2.36. The third-order valence-corrected chi connectivity index (χ3v) is 4.57. The number of hydrogen-bond acceptors (Lipinski definition) is 4. The van der Waals surface area contributed by atoms with E-state index in [1.807, 2.05) is 23.1 Å². The molecule has 6 heteroatoms. The van der Waals surface area contributed by atoms with Gasteiger partial charge in [-0.15, -0.1) is 0 Å². The van der Waals surface area contributed by atoms with Gasteiger partial charge in [0.2, 0.25) is 0 Å². The lowest BCUT2D eigenvalue weighted by Gasteiger charge is -2.24. The summed E-state index contributed by atoms with van der Waals surface area (Å²) in [6.07, 6.45) is 7.38. The van der Waals surface area contributed by atoms with E-state index >= 15 is 0 Å². The maximum atomic E-state index is 12.6. The summed E-state index contributed by atoms with van der Waals surface area (Å²) in [5, 5.41) is 8.86. The molecule has 1 N–H and O–H groups in total. The zero-order chi connectivity index (χ0) is 17.6. The third kappa shape index (κ3) is 4.21. The van der Waals surface area contributed by atoms with Crippen LogP contribution in [0.15, 0.2) is 42.7 Å². The van der Waals surface area contributed by atoms with E-state index < -0.39 is 5.97 Å². The molecule has 1 fully saturated rings. The van der Waals surface area contributed by atoms with E-state index in [0.717, 1.165) is 44.8 Å². The van der Waals surface area contributed by atoms with Crippen molar-refractivity contribution in [3.63, 3.8) is 0 Å². The maximum absolute atomic E-state index is 12.6. The normalized spacial score (nSPS) is 16.8. The van der Waals surface area contributed by atoms with Crippen LogP contribution in [0.25, 0.3) is 0 Å². The molecule has 1 amide bonds. The van der Waals surface area contributed by atoms with E-state index in [1.165, 1.54) is 11.8 Å². The number of carbonyl (C=O) groups is 2. The number of aromatic nitrogens is 2. The standard InChI is InChI=1S/C19H21N3O3/c23-18(16-12-21-17(13-20-16)19(24)25)22-11-5-10-15(22)9-4-8-14-6-2-1-3-7-14/h1-3,6-7,12-13,15H,4-5,8-11H2,(H,24,25). The Morgan fingerprint density at radius 3 is 2.52 bits per heavy atom. The number of carboxylic acids is 1. The molecule has 0 saturated carbocycles. The van der Waals surface area contributed by atoms with Crippen LogP contribution in [0.2, 0.25) is 0 Å². The Labute approximate surface area is 146 Å². The second-order valence-electron chi connectivity index (χ2n) is 6.26. The highest BCUT2D eigenvalue weighted by molar-refractivity contribution is 5.93. The number of carboxylic acid groups (broad SMARTS) is 1. The van der Waals surface area contributed by atoms with Crippen molar-refractivity contribution in [2.45, 2.75) is 38.1 Å². The van der Waals surface area contributed by atoms with Crippen LogP contribution in [0, 0.1) is 0 Å². The molecule has 0 aliphatic carbocycles. The SMILES string of the molecule is O=C(O)c1cnc(C(=O)N2CCCC2CCCc2ccccc2)cn1. The van der Waals surface area contributed by atoms with Crippen LogP contribution < -0.4 is 0 Å². The summed E-state index contributed by atoms with van der Waals surface area (Å²) < 4.78 is 0. The summed E-state index contributed by atoms with van der Waals surface area (Å²) in [4.78, 5) is 33.1. The molecule has 0 radical (unpaired) electrons. The van der Waals surface area contributed by atoms with E-state index in [-0.39, 0.29) is 23.3 Å². The summed E-state index contributed by atoms with van der Waals surface area (Å²) in [5.74, 6) is -1.31. The van der Waals surface area contributed by atoms with Crippen molar-refractivity contribution in [1.82, 2.24) is 14.9 Å². The first kappa shape index (κ1) is 17.1. The fraction of sp³-hybridized carbons (Fsp3) is 0.368. The molecule has 1 saturated heterocycles. The van der Waals surface area contributed by atoms with Crippen molar-refractivity contribution in [2.75, 3.05) is 6.54 Å². The van der Waals surface area contributed by atoms with Gasteiger partial charge in [0.15, 0.2) is 5.69 Å². The number of benzene rings is 1. The lowest BCUT2D eigenvalue weighted by atomic mass is 10.0. The van der Waals surface area contributed by atoms with Gasteiger partial charge < -0.3 is 10.0 Å². The van der Waals surface area contributed by atoms with Gasteiger partial charge in [0.1, 0.15) is 5.69 Å². The highest BCUT2D eigenvalue weighted by Crippen LogP contribution is 2.23. The van der Waals surface area contributed by atoms with Crippen molar-refractivity contribution < 1.29 is 14.7 Å². The first-order valence-corrected chi connectivity index (χ1v) is 8.55. The fourth-order valence-electron chi connectivity index (χ4n) is 3.29. The average molecular weight is 339 g/mol. The van der Waals surface area contributed by atoms with Crippen molar-refractivity contribution in [3.8, 4) is 0 Å². The van der Waals surface area contributed by atoms with Gasteiger partial charge in [0.25, 0.3) is 5.91 Å². The molecule has 1 aliphatic heterocycles. The number of aromatic carboxylic acids is 1. The first-order valence-electron chi connectivity index (χ1n) is 8.55. The van der Waals surface area contributed by atoms with Crippen molar-refractivity contribution in [2.24, 2.45) is 0 Å². The Morgan fingerprint density at radius 2 is 1.84 bits per heavy atom. The minimum atomic E-state index is -1.15. The topological polar surface area (TPSA) is 83.4 Å². The van der Waals surface area contributed by atoms with Gasteiger partial charge in [-0.2, -0.15) is 0 Å². The highest BCUT2D eigenvalue weighted by atomic mass is 16.4. The molecule has 1 atom stereocenters. The monoisotopic (exact) mass is 339 g/mol. The second-order valence-corrected chi connectivity index (χ2v) is 6.26. The predicted molar refractivity (Wildman–Crippen MR) is 92.4 cm³/mol. The zero-order valence-corrected chi connectivity index (χ0v) is 14.0. The number of amides is 1. The molecule has 6 nitrogen and oxygen atoms in total.